The van der Waals surface area contributed by atoms with Gasteiger partial charge in [0, 0.05) is 126 Å². The van der Waals surface area contributed by atoms with Crippen molar-refractivity contribution in [3.8, 4) is 22.5 Å². The third-order valence-electron chi connectivity index (χ3n) is 14.0. The molecule has 16 nitrogen and oxygen atoms in total. The van der Waals surface area contributed by atoms with Crippen LogP contribution in [-0.2, 0) is 12.8 Å². The van der Waals surface area contributed by atoms with E-state index in [1.54, 1.807) is 42.4 Å². The molecule has 3 saturated heterocycles. The lowest BCUT2D eigenvalue weighted by Gasteiger charge is -2.27. The number of furan rings is 1. The Morgan fingerprint density at radius 2 is 1.20 bits per heavy atom. The molecule has 0 spiro atoms. The van der Waals surface area contributed by atoms with E-state index in [-0.39, 0.29) is 23.9 Å². The SMILES string of the molecule is Cc1ccc(-c2ccco2)cc1NC(=O)c1cnc(N2CCNCC2)s1.Nc1ccc(-c2ccncc2)cc1CC(=O)c1cnc(N2CCNCC2)s1.Nc1ccc(C2=CC=CC2)cc1CC(=O)c1ccc(N2CCNCC2)s1. The van der Waals surface area contributed by atoms with E-state index < -0.39 is 0 Å². The number of nitrogen functional groups attached to an aromatic ring is 2. The van der Waals surface area contributed by atoms with E-state index in [9.17, 15) is 14.4 Å². The van der Waals surface area contributed by atoms with Gasteiger partial charge >= 0.3 is 0 Å². The second-order valence-electron chi connectivity index (χ2n) is 19.4. The Kier molecular flexibility index (Phi) is 18.1. The summed E-state index contributed by atoms with van der Waals surface area (Å²) in [5.41, 5.74) is 22.6. The number of thiophene rings is 1. The van der Waals surface area contributed by atoms with Crippen LogP contribution >= 0.6 is 34.0 Å². The van der Waals surface area contributed by atoms with Crippen LogP contribution in [0.2, 0.25) is 0 Å². The molecule has 406 valence electrons. The number of hydrogen-bond acceptors (Lipinski definition) is 18. The van der Waals surface area contributed by atoms with Gasteiger partial charge in [-0.1, -0.05) is 65.2 Å². The monoisotopic (exact) mass is 1110 g/mol. The number of aryl methyl sites for hydroxylation is 1. The molecule has 8 aromatic rings. The standard InChI is InChI=1S/C21H23N3OS.C20H21N5OS.C19H20N4O2S/c22-18-6-5-16(15-3-1-2-4-15)13-17(18)14-19(25)20-7-8-21(26-20)24-11-9-23-10-12-24;21-17-2-1-15(14-3-5-22-6-4-14)11-16(17)12-18(26)19-13-24-20(27-19)25-9-7-23-8-10-25;1-13-4-5-14(16-3-2-10-25-16)11-15(13)22-18(24)17-12-21-19(26-17)23-8-6-20-7-9-23/h1-3,5-8,13,23H,4,9-12,14,22H2;1-6,11,13,23H,7-10,12,21H2;2-5,10-12,20H,6-9H2,1H3,(H,22,24). The fourth-order valence-electron chi connectivity index (χ4n) is 9.46. The maximum atomic E-state index is 12.8. The molecule has 12 rings (SSSR count). The van der Waals surface area contributed by atoms with Gasteiger partial charge in [0.2, 0.25) is 0 Å². The smallest absolute Gasteiger partial charge is 0.267 e. The average molecular weight is 1110 g/mol. The van der Waals surface area contributed by atoms with Gasteiger partial charge in [0.25, 0.3) is 5.91 Å². The predicted octanol–water partition coefficient (Wildman–Crippen LogP) is 9.50. The fourth-order valence-corrected chi connectivity index (χ4v) is 12.2. The van der Waals surface area contributed by atoms with Crippen molar-refractivity contribution in [3.63, 3.8) is 0 Å². The van der Waals surface area contributed by atoms with Gasteiger partial charge < -0.3 is 51.9 Å². The van der Waals surface area contributed by atoms with E-state index in [1.165, 1.54) is 33.2 Å². The molecule has 0 bridgehead atoms. The van der Waals surface area contributed by atoms with Crippen molar-refractivity contribution in [2.75, 3.05) is 110 Å². The molecule has 0 unspecified atom stereocenters. The normalized spacial score (nSPS) is 15.2. The zero-order valence-electron chi connectivity index (χ0n) is 44.1. The first-order valence-corrected chi connectivity index (χ1v) is 29.0. The van der Waals surface area contributed by atoms with E-state index in [0.717, 1.165) is 150 Å². The summed E-state index contributed by atoms with van der Waals surface area (Å²) in [6.45, 7) is 13.4. The van der Waals surface area contributed by atoms with Crippen molar-refractivity contribution in [2.45, 2.75) is 26.2 Å². The van der Waals surface area contributed by atoms with Crippen LogP contribution in [0.4, 0.5) is 32.3 Å². The third-order valence-corrected chi connectivity index (χ3v) is 17.3. The molecular formula is C60H64N12O4S3. The Bertz CT molecular complexity index is 3420. The van der Waals surface area contributed by atoms with Crippen molar-refractivity contribution in [1.29, 1.82) is 0 Å². The van der Waals surface area contributed by atoms with Crippen LogP contribution in [0, 0.1) is 6.92 Å². The summed E-state index contributed by atoms with van der Waals surface area (Å²) in [6.07, 6.45) is 16.4. The van der Waals surface area contributed by atoms with E-state index in [1.807, 2.05) is 85.8 Å². The van der Waals surface area contributed by atoms with Crippen LogP contribution in [0.15, 0.2) is 145 Å². The molecule has 19 heteroatoms. The Morgan fingerprint density at radius 3 is 1.82 bits per heavy atom. The van der Waals surface area contributed by atoms with Gasteiger partial charge in [-0.2, -0.15) is 0 Å². The highest BCUT2D eigenvalue weighted by atomic mass is 32.1. The number of nitrogens with zero attached hydrogens (tertiary/aromatic N) is 6. The number of pyridine rings is 1. The number of piperazine rings is 3. The Balaban J connectivity index is 0.000000134. The zero-order chi connectivity index (χ0) is 54.5. The summed E-state index contributed by atoms with van der Waals surface area (Å²) >= 11 is 4.48. The summed E-state index contributed by atoms with van der Waals surface area (Å²) in [7, 11) is 0. The first-order valence-electron chi connectivity index (χ1n) is 26.6. The van der Waals surface area contributed by atoms with E-state index in [0.29, 0.717) is 27.5 Å². The number of benzene rings is 3. The van der Waals surface area contributed by atoms with Crippen LogP contribution < -0.4 is 47.4 Å². The quantitative estimate of drug-likeness (QED) is 0.0442. The van der Waals surface area contributed by atoms with Crippen LogP contribution in [0.25, 0.3) is 28.0 Å². The summed E-state index contributed by atoms with van der Waals surface area (Å²) in [4.78, 5) is 60.0. The molecule has 3 fully saturated rings. The highest BCUT2D eigenvalue weighted by molar-refractivity contribution is 7.18. The van der Waals surface area contributed by atoms with Crippen LogP contribution in [-0.4, -0.2) is 111 Å². The van der Waals surface area contributed by atoms with Gasteiger partial charge in [-0.05, 0) is 119 Å². The largest absolute Gasteiger partial charge is 0.464 e. The lowest BCUT2D eigenvalue weighted by molar-refractivity contribution is 0.0988. The van der Waals surface area contributed by atoms with Crippen LogP contribution in [0.3, 0.4) is 0 Å². The van der Waals surface area contributed by atoms with Gasteiger partial charge in [-0.25, -0.2) is 9.97 Å². The summed E-state index contributed by atoms with van der Waals surface area (Å²) in [5.74, 6) is 0.828. The molecule has 1 amide bonds. The second-order valence-corrected chi connectivity index (χ2v) is 22.5. The number of nitrogens with one attached hydrogen (secondary N) is 4. The highest BCUT2D eigenvalue weighted by Crippen LogP contribution is 2.32. The molecule has 5 aromatic heterocycles. The van der Waals surface area contributed by atoms with Crippen molar-refractivity contribution < 1.29 is 18.8 Å². The molecule has 0 saturated carbocycles. The predicted molar refractivity (Wildman–Crippen MR) is 323 cm³/mol. The van der Waals surface area contributed by atoms with Crippen molar-refractivity contribution >= 4 is 89.4 Å². The molecule has 3 aliphatic heterocycles. The summed E-state index contributed by atoms with van der Waals surface area (Å²) < 4.78 is 5.44. The number of Topliss-reactive ketones (excluding diaryl/α,β-unsaturated/α-hetero) is 2. The molecule has 4 aliphatic rings. The molecule has 79 heavy (non-hydrogen) atoms. The number of aromatic nitrogens is 3. The minimum Gasteiger partial charge on any atom is -0.464 e. The van der Waals surface area contributed by atoms with E-state index >= 15 is 0 Å². The minimum atomic E-state index is -0.136. The van der Waals surface area contributed by atoms with Gasteiger partial charge in [-0.15, -0.1) is 11.3 Å². The minimum absolute atomic E-state index is 0.0486. The zero-order valence-corrected chi connectivity index (χ0v) is 46.5. The van der Waals surface area contributed by atoms with Crippen molar-refractivity contribution in [1.82, 2.24) is 30.9 Å². The topological polar surface area (TPSA) is 213 Å². The van der Waals surface area contributed by atoms with Crippen LogP contribution in [0.1, 0.15) is 57.7 Å². The van der Waals surface area contributed by atoms with Crippen molar-refractivity contribution in [3.05, 3.63) is 177 Å². The number of anilines is 6. The summed E-state index contributed by atoms with van der Waals surface area (Å²) in [5, 5.41) is 16.0. The number of carbonyl (C=O) groups excluding carboxylic acids is 3. The molecule has 0 radical (unpaired) electrons. The Hall–Kier alpha value is -7.78. The van der Waals surface area contributed by atoms with E-state index in [4.69, 9.17) is 15.9 Å². The van der Waals surface area contributed by atoms with E-state index in [2.05, 4.69) is 81.3 Å². The maximum Gasteiger partial charge on any atom is 0.267 e. The maximum absolute atomic E-state index is 12.8. The lowest BCUT2D eigenvalue weighted by Crippen LogP contribution is -2.43. The first kappa shape index (κ1) is 54.6. The fraction of sp³-hybridized carbons (Fsp3) is 0.267. The Labute approximate surface area is 472 Å². The van der Waals surface area contributed by atoms with Gasteiger partial charge in [0.05, 0.1) is 33.4 Å². The number of hydrogen-bond donors (Lipinski definition) is 6. The lowest BCUT2D eigenvalue weighted by atomic mass is 9.98. The molecule has 1 aliphatic carbocycles. The molecule has 0 atom stereocenters. The van der Waals surface area contributed by atoms with Gasteiger partial charge in [0.1, 0.15) is 10.6 Å². The number of amides is 1. The number of allylic oxidation sites excluding steroid dienone is 4. The van der Waals surface area contributed by atoms with Gasteiger partial charge in [-0.3, -0.25) is 19.4 Å². The molecular weight excluding hydrogens is 1050 g/mol. The number of thiazole rings is 2. The molecule has 3 aromatic carbocycles. The number of rotatable bonds is 14. The van der Waals surface area contributed by atoms with Crippen LogP contribution in [0.5, 0.6) is 0 Å². The number of carbonyl (C=O) groups is 3. The summed E-state index contributed by atoms with van der Waals surface area (Å²) in [6, 6.07) is 29.4. The molecule has 8 heterocycles. The average Bonchev–Trinajstić information content (AvgIpc) is 4.37. The first-order chi connectivity index (χ1) is 38.6. The molecule has 8 N–H and O–H groups in total. The van der Waals surface area contributed by atoms with Crippen molar-refractivity contribution in [2.24, 2.45) is 0 Å². The third kappa shape index (κ3) is 14.1. The number of nitrogens with two attached hydrogens (primary N) is 2. The highest BCUT2D eigenvalue weighted by Gasteiger charge is 2.21. The number of ketones is 2. The van der Waals surface area contributed by atoms with Gasteiger partial charge in [0.15, 0.2) is 21.8 Å². The second kappa shape index (κ2) is 26.2. The Morgan fingerprint density at radius 1 is 0.620 bits per heavy atom.